The second kappa shape index (κ2) is 4.31. The molecule has 0 N–H and O–H groups in total. The molecule has 0 aliphatic carbocycles. The van der Waals surface area contributed by atoms with Gasteiger partial charge in [-0.25, -0.2) is 0 Å². The van der Waals surface area contributed by atoms with Gasteiger partial charge in [0, 0.05) is 0 Å². The topological polar surface area (TPSA) is 48.2 Å². The molecular formula is C10H9ClN2O2. The van der Waals surface area contributed by atoms with Crippen LogP contribution in [0.5, 0.6) is 5.75 Å². The molecule has 0 aliphatic rings. The maximum absolute atomic E-state index is 5.56. The molecule has 0 bridgehead atoms. The van der Waals surface area contributed by atoms with Gasteiger partial charge in [0.25, 0.3) is 5.89 Å². The zero-order valence-corrected chi connectivity index (χ0v) is 8.86. The lowest BCUT2D eigenvalue weighted by atomic mass is 10.2. The summed E-state index contributed by atoms with van der Waals surface area (Å²) in [6.07, 6.45) is 0. The quantitative estimate of drug-likeness (QED) is 0.804. The molecule has 15 heavy (non-hydrogen) atoms. The Morgan fingerprint density at radius 3 is 2.80 bits per heavy atom. The first-order valence-corrected chi connectivity index (χ1v) is 4.90. The van der Waals surface area contributed by atoms with Gasteiger partial charge in [-0.05, 0) is 30.7 Å². The van der Waals surface area contributed by atoms with Gasteiger partial charge in [0.15, 0.2) is 0 Å². The van der Waals surface area contributed by atoms with Gasteiger partial charge in [-0.2, -0.15) is 0 Å². The van der Waals surface area contributed by atoms with Crippen LogP contribution in [0.3, 0.4) is 0 Å². The fourth-order valence-electron chi connectivity index (χ4n) is 1.24. The van der Waals surface area contributed by atoms with E-state index in [-0.39, 0.29) is 5.35 Å². The molecule has 5 heteroatoms. The largest absolute Gasteiger partial charge is 0.493 e. The SMILES string of the molecule is CCOc1ccccc1-c1nnc(Cl)o1. The van der Waals surface area contributed by atoms with Crippen molar-refractivity contribution >= 4 is 11.6 Å². The molecule has 4 nitrogen and oxygen atoms in total. The molecule has 0 spiro atoms. The van der Waals surface area contributed by atoms with Crippen molar-refractivity contribution < 1.29 is 9.15 Å². The lowest BCUT2D eigenvalue weighted by molar-refractivity contribution is 0.340. The van der Waals surface area contributed by atoms with E-state index in [1.807, 2.05) is 31.2 Å². The molecule has 78 valence electrons. The van der Waals surface area contributed by atoms with Crippen LogP contribution in [-0.4, -0.2) is 16.8 Å². The first-order chi connectivity index (χ1) is 7.31. The van der Waals surface area contributed by atoms with Crippen molar-refractivity contribution in [2.24, 2.45) is 0 Å². The number of halogens is 1. The highest BCUT2D eigenvalue weighted by molar-refractivity contribution is 6.27. The lowest BCUT2D eigenvalue weighted by Gasteiger charge is -2.05. The minimum absolute atomic E-state index is 0.0244. The number of nitrogens with zero attached hydrogens (tertiary/aromatic N) is 2. The van der Waals surface area contributed by atoms with Gasteiger partial charge in [-0.3, -0.25) is 0 Å². The van der Waals surface area contributed by atoms with Crippen LogP contribution in [0.1, 0.15) is 6.92 Å². The van der Waals surface area contributed by atoms with E-state index in [1.165, 1.54) is 0 Å². The van der Waals surface area contributed by atoms with Crippen LogP contribution in [0.4, 0.5) is 0 Å². The van der Waals surface area contributed by atoms with Crippen LogP contribution in [0.2, 0.25) is 5.35 Å². The summed E-state index contributed by atoms with van der Waals surface area (Å²) in [7, 11) is 0. The van der Waals surface area contributed by atoms with Crippen LogP contribution in [0.25, 0.3) is 11.5 Å². The fraction of sp³-hybridized carbons (Fsp3) is 0.200. The third-order valence-corrected chi connectivity index (χ3v) is 1.97. The molecule has 1 aromatic heterocycles. The summed E-state index contributed by atoms with van der Waals surface area (Å²) in [4.78, 5) is 0. The Kier molecular flexibility index (Phi) is 2.87. The molecule has 0 atom stereocenters. The number of hydrogen-bond acceptors (Lipinski definition) is 4. The van der Waals surface area contributed by atoms with Gasteiger partial charge in [0.1, 0.15) is 5.75 Å². The second-order valence-electron chi connectivity index (χ2n) is 2.79. The minimum Gasteiger partial charge on any atom is -0.493 e. The highest BCUT2D eigenvalue weighted by Crippen LogP contribution is 2.29. The lowest BCUT2D eigenvalue weighted by Crippen LogP contribution is -1.93. The van der Waals surface area contributed by atoms with Gasteiger partial charge in [0.2, 0.25) is 0 Å². The molecule has 0 unspecified atom stereocenters. The highest BCUT2D eigenvalue weighted by Gasteiger charge is 2.11. The van der Waals surface area contributed by atoms with E-state index in [4.69, 9.17) is 20.8 Å². The summed E-state index contributed by atoms with van der Waals surface area (Å²) in [6, 6.07) is 7.44. The molecule has 0 saturated heterocycles. The molecule has 0 fully saturated rings. The van der Waals surface area contributed by atoms with E-state index in [0.29, 0.717) is 18.2 Å². The van der Waals surface area contributed by atoms with E-state index in [0.717, 1.165) is 5.56 Å². The van der Waals surface area contributed by atoms with E-state index < -0.39 is 0 Å². The molecular weight excluding hydrogens is 216 g/mol. The van der Waals surface area contributed by atoms with Crippen LogP contribution in [0.15, 0.2) is 28.7 Å². The van der Waals surface area contributed by atoms with Crippen LogP contribution < -0.4 is 4.74 Å². The predicted octanol–water partition coefficient (Wildman–Crippen LogP) is 2.79. The molecule has 0 saturated carbocycles. The first-order valence-electron chi connectivity index (χ1n) is 4.52. The van der Waals surface area contributed by atoms with Crippen molar-refractivity contribution in [1.82, 2.24) is 10.2 Å². The summed E-state index contributed by atoms with van der Waals surface area (Å²) in [5, 5.41) is 7.41. The normalized spacial score (nSPS) is 10.3. The third kappa shape index (κ3) is 2.10. The predicted molar refractivity (Wildman–Crippen MR) is 55.9 cm³/mol. The van der Waals surface area contributed by atoms with Crippen molar-refractivity contribution in [3.8, 4) is 17.2 Å². The molecule has 0 radical (unpaired) electrons. The molecule has 0 aliphatic heterocycles. The summed E-state index contributed by atoms with van der Waals surface area (Å²) in [5.41, 5.74) is 0.749. The molecule has 1 aromatic carbocycles. The van der Waals surface area contributed by atoms with Crippen molar-refractivity contribution in [3.05, 3.63) is 29.6 Å². The van der Waals surface area contributed by atoms with Crippen molar-refractivity contribution in [2.75, 3.05) is 6.61 Å². The Morgan fingerprint density at radius 2 is 2.13 bits per heavy atom. The maximum atomic E-state index is 5.56. The van der Waals surface area contributed by atoms with Gasteiger partial charge in [-0.15, -0.1) is 5.10 Å². The average Bonchev–Trinajstić information content (AvgIpc) is 2.66. The fourth-order valence-corrected chi connectivity index (χ4v) is 1.35. The van der Waals surface area contributed by atoms with E-state index in [2.05, 4.69) is 10.2 Å². The minimum atomic E-state index is 0.0244. The Morgan fingerprint density at radius 1 is 1.33 bits per heavy atom. The Hall–Kier alpha value is -1.55. The summed E-state index contributed by atoms with van der Waals surface area (Å²) in [6.45, 7) is 2.50. The highest BCUT2D eigenvalue weighted by atomic mass is 35.5. The average molecular weight is 225 g/mol. The van der Waals surface area contributed by atoms with Crippen molar-refractivity contribution in [3.63, 3.8) is 0 Å². The van der Waals surface area contributed by atoms with E-state index in [1.54, 1.807) is 0 Å². The molecule has 1 heterocycles. The number of benzene rings is 1. The van der Waals surface area contributed by atoms with E-state index >= 15 is 0 Å². The first kappa shape index (κ1) is 9.98. The number of hydrogen-bond donors (Lipinski definition) is 0. The number of ether oxygens (including phenoxy) is 1. The van der Waals surface area contributed by atoms with Gasteiger partial charge in [0.05, 0.1) is 12.2 Å². The molecule has 2 rings (SSSR count). The van der Waals surface area contributed by atoms with Crippen molar-refractivity contribution in [2.45, 2.75) is 6.92 Å². The second-order valence-corrected chi connectivity index (χ2v) is 3.11. The molecule has 0 amide bonds. The summed E-state index contributed by atoms with van der Waals surface area (Å²) in [5.74, 6) is 1.07. The van der Waals surface area contributed by atoms with Crippen LogP contribution >= 0.6 is 11.6 Å². The molecule has 2 aromatic rings. The Labute approximate surface area is 91.8 Å². The zero-order valence-electron chi connectivity index (χ0n) is 8.11. The van der Waals surface area contributed by atoms with Gasteiger partial charge < -0.3 is 9.15 Å². The maximum Gasteiger partial charge on any atom is 0.313 e. The standard InChI is InChI=1S/C10H9ClN2O2/c1-2-14-8-6-4-3-5-7(8)9-12-13-10(11)15-9/h3-6H,2H2,1H3. The van der Waals surface area contributed by atoms with Gasteiger partial charge in [-0.1, -0.05) is 17.2 Å². The van der Waals surface area contributed by atoms with E-state index in [9.17, 15) is 0 Å². The van der Waals surface area contributed by atoms with Crippen molar-refractivity contribution in [1.29, 1.82) is 0 Å². The summed E-state index contributed by atoms with van der Waals surface area (Å²) < 4.78 is 10.5. The van der Waals surface area contributed by atoms with Crippen LogP contribution in [-0.2, 0) is 0 Å². The van der Waals surface area contributed by atoms with Gasteiger partial charge >= 0.3 is 5.35 Å². The Bertz CT molecular complexity index is 456. The third-order valence-electron chi connectivity index (χ3n) is 1.82. The monoisotopic (exact) mass is 224 g/mol. The zero-order chi connectivity index (χ0) is 10.7. The number of rotatable bonds is 3. The smallest absolute Gasteiger partial charge is 0.313 e. The Balaban J connectivity index is 2.42. The summed E-state index contributed by atoms with van der Waals surface area (Å²) >= 11 is 5.56. The number of aromatic nitrogens is 2. The van der Waals surface area contributed by atoms with Crippen LogP contribution in [0, 0.1) is 0 Å². The number of para-hydroxylation sites is 1.